The molecule has 0 saturated heterocycles. The minimum absolute atomic E-state index is 0.686. The molecule has 0 aliphatic carbocycles. The molecule has 96 valence electrons. The Morgan fingerprint density at radius 1 is 1.00 bits per heavy atom. The second-order valence-corrected chi connectivity index (χ2v) is 5.10. The van der Waals surface area contributed by atoms with Crippen LogP contribution < -0.4 is 10.8 Å². The van der Waals surface area contributed by atoms with Crippen LogP contribution in [-0.2, 0) is 4.84 Å². The third-order valence-corrected chi connectivity index (χ3v) is 3.07. The molecule has 4 heteroatoms. The average Bonchev–Trinajstić information content (AvgIpc) is 2.25. The van der Waals surface area contributed by atoms with E-state index in [1.165, 1.54) is 0 Å². The van der Waals surface area contributed by atoms with Gasteiger partial charge in [0.2, 0.25) is 0 Å². The van der Waals surface area contributed by atoms with Crippen LogP contribution in [0, 0.1) is 0 Å². The highest BCUT2D eigenvalue weighted by Gasteiger charge is 2.36. The molecule has 0 spiro atoms. The molecule has 1 rings (SSSR count). The van der Waals surface area contributed by atoms with Crippen molar-refractivity contribution in [2.45, 2.75) is 38.9 Å². The van der Waals surface area contributed by atoms with E-state index < -0.39 is 11.2 Å². The molecule has 0 atom stereocenters. The zero-order chi connectivity index (χ0) is 13.1. The Morgan fingerprint density at radius 2 is 1.47 bits per heavy atom. The van der Waals surface area contributed by atoms with Crippen molar-refractivity contribution < 1.29 is 9.94 Å². The first-order valence-electron chi connectivity index (χ1n) is 5.70. The van der Waals surface area contributed by atoms with Crippen LogP contribution in [0.5, 0.6) is 0 Å². The maximum Gasteiger partial charge on any atom is 0.118 e. The van der Waals surface area contributed by atoms with E-state index >= 15 is 0 Å². The number of hydrogen-bond acceptors (Lipinski definition) is 4. The molecule has 0 radical (unpaired) electrons. The van der Waals surface area contributed by atoms with Crippen molar-refractivity contribution in [2.75, 3.05) is 17.8 Å². The van der Waals surface area contributed by atoms with E-state index in [9.17, 15) is 5.11 Å². The number of rotatable bonds is 5. The number of benzene rings is 1. The summed E-state index contributed by atoms with van der Waals surface area (Å²) in [5.41, 5.74) is 3.13. The summed E-state index contributed by atoms with van der Waals surface area (Å²) in [6, 6.07) is 7.71. The SMILES string of the molecule is CNc1ccc(NOC(C)(C)C(C)(C)O)cc1. The highest BCUT2D eigenvalue weighted by Crippen LogP contribution is 2.25. The highest BCUT2D eigenvalue weighted by molar-refractivity contribution is 5.52. The van der Waals surface area contributed by atoms with Crippen molar-refractivity contribution >= 4 is 11.4 Å². The lowest BCUT2D eigenvalue weighted by Gasteiger charge is -2.36. The van der Waals surface area contributed by atoms with Gasteiger partial charge < -0.3 is 10.4 Å². The summed E-state index contributed by atoms with van der Waals surface area (Å²) >= 11 is 0. The zero-order valence-corrected chi connectivity index (χ0v) is 11.2. The van der Waals surface area contributed by atoms with Crippen molar-refractivity contribution in [3.8, 4) is 0 Å². The van der Waals surface area contributed by atoms with Crippen molar-refractivity contribution in [1.29, 1.82) is 0 Å². The molecule has 0 fully saturated rings. The fraction of sp³-hybridized carbons (Fsp3) is 0.538. The molecule has 0 aromatic heterocycles. The normalized spacial score (nSPS) is 12.4. The molecular formula is C13H22N2O2. The molecule has 0 saturated carbocycles. The molecule has 0 aliphatic rings. The van der Waals surface area contributed by atoms with E-state index in [0.29, 0.717) is 0 Å². The van der Waals surface area contributed by atoms with Gasteiger partial charge in [-0.1, -0.05) is 0 Å². The Balaban J connectivity index is 2.61. The lowest BCUT2D eigenvalue weighted by Crippen LogP contribution is -2.48. The van der Waals surface area contributed by atoms with Crippen LogP contribution in [0.2, 0.25) is 0 Å². The molecule has 0 amide bonds. The van der Waals surface area contributed by atoms with Gasteiger partial charge in [0.15, 0.2) is 0 Å². The Kier molecular flexibility index (Phi) is 4.01. The summed E-state index contributed by atoms with van der Waals surface area (Å²) in [6.45, 7) is 7.11. The van der Waals surface area contributed by atoms with Gasteiger partial charge in [-0.05, 0) is 52.0 Å². The smallest absolute Gasteiger partial charge is 0.118 e. The number of aliphatic hydroxyl groups is 1. The Morgan fingerprint density at radius 3 is 1.88 bits per heavy atom. The molecule has 0 unspecified atom stereocenters. The quantitative estimate of drug-likeness (QED) is 0.690. The fourth-order valence-corrected chi connectivity index (χ4v) is 1.02. The van der Waals surface area contributed by atoms with E-state index in [-0.39, 0.29) is 0 Å². The van der Waals surface area contributed by atoms with E-state index in [1.54, 1.807) is 13.8 Å². The molecule has 1 aromatic carbocycles. The molecule has 0 aliphatic heterocycles. The fourth-order valence-electron chi connectivity index (χ4n) is 1.02. The average molecular weight is 238 g/mol. The molecule has 0 bridgehead atoms. The number of nitrogens with one attached hydrogen (secondary N) is 2. The van der Waals surface area contributed by atoms with Gasteiger partial charge in [0, 0.05) is 12.7 Å². The summed E-state index contributed by atoms with van der Waals surface area (Å²) in [4.78, 5) is 5.53. The topological polar surface area (TPSA) is 53.5 Å². The summed E-state index contributed by atoms with van der Waals surface area (Å²) in [5.74, 6) is 0. The van der Waals surface area contributed by atoms with Crippen LogP contribution in [0.4, 0.5) is 11.4 Å². The Hall–Kier alpha value is -1.26. The van der Waals surface area contributed by atoms with Gasteiger partial charge in [-0.2, -0.15) is 0 Å². The Labute approximate surface area is 103 Å². The van der Waals surface area contributed by atoms with Crippen molar-refractivity contribution in [2.24, 2.45) is 0 Å². The monoisotopic (exact) mass is 238 g/mol. The van der Waals surface area contributed by atoms with E-state index in [4.69, 9.17) is 4.84 Å². The Bertz CT molecular complexity index is 353. The van der Waals surface area contributed by atoms with Gasteiger partial charge in [-0.15, -0.1) is 0 Å². The van der Waals surface area contributed by atoms with Crippen molar-refractivity contribution in [3.63, 3.8) is 0 Å². The van der Waals surface area contributed by atoms with E-state index in [1.807, 2.05) is 45.2 Å². The summed E-state index contributed by atoms with van der Waals surface area (Å²) in [7, 11) is 1.87. The van der Waals surface area contributed by atoms with Crippen LogP contribution in [0.15, 0.2) is 24.3 Å². The van der Waals surface area contributed by atoms with Crippen LogP contribution in [0.3, 0.4) is 0 Å². The van der Waals surface area contributed by atoms with Gasteiger partial charge in [0.1, 0.15) is 5.60 Å². The van der Waals surface area contributed by atoms with Crippen LogP contribution in [0.25, 0.3) is 0 Å². The first-order chi connectivity index (χ1) is 7.76. The molecule has 3 N–H and O–H groups in total. The van der Waals surface area contributed by atoms with E-state index in [2.05, 4.69) is 10.8 Å². The first kappa shape index (κ1) is 13.8. The highest BCUT2D eigenvalue weighted by atomic mass is 16.7. The van der Waals surface area contributed by atoms with Crippen LogP contribution in [0.1, 0.15) is 27.7 Å². The van der Waals surface area contributed by atoms with Gasteiger partial charge >= 0.3 is 0 Å². The van der Waals surface area contributed by atoms with Gasteiger partial charge in [-0.25, -0.2) is 0 Å². The van der Waals surface area contributed by atoms with E-state index in [0.717, 1.165) is 11.4 Å². The third-order valence-electron chi connectivity index (χ3n) is 3.07. The third kappa shape index (κ3) is 3.61. The predicted octanol–water partition coefficient (Wildman–Crippen LogP) is 2.62. The standard InChI is InChI=1S/C13H22N2O2/c1-12(2,16)13(3,4)17-15-11-8-6-10(14-5)7-9-11/h6-9,14-16H,1-5H3. The summed E-state index contributed by atoms with van der Waals surface area (Å²) in [5, 5.41) is 13.0. The number of hydrogen-bond donors (Lipinski definition) is 3. The minimum Gasteiger partial charge on any atom is -0.388 e. The lowest BCUT2D eigenvalue weighted by atomic mass is 9.90. The molecule has 0 heterocycles. The van der Waals surface area contributed by atoms with Crippen LogP contribution >= 0.6 is 0 Å². The maximum atomic E-state index is 9.93. The van der Waals surface area contributed by atoms with Crippen molar-refractivity contribution in [3.05, 3.63) is 24.3 Å². The largest absolute Gasteiger partial charge is 0.388 e. The lowest BCUT2D eigenvalue weighted by molar-refractivity contribution is -0.130. The molecular weight excluding hydrogens is 216 g/mol. The summed E-state index contributed by atoms with van der Waals surface area (Å²) in [6.07, 6.45) is 0. The summed E-state index contributed by atoms with van der Waals surface area (Å²) < 4.78 is 0. The number of anilines is 2. The zero-order valence-electron chi connectivity index (χ0n) is 11.2. The minimum atomic E-state index is -0.926. The van der Waals surface area contributed by atoms with Crippen LogP contribution in [-0.4, -0.2) is 23.4 Å². The molecule has 1 aromatic rings. The molecule has 4 nitrogen and oxygen atoms in total. The predicted molar refractivity (Wildman–Crippen MR) is 71.1 cm³/mol. The van der Waals surface area contributed by atoms with Gasteiger partial charge in [0.25, 0.3) is 0 Å². The van der Waals surface area contributed by atoms with Crippen molar-refractivity contribution in [1.82, 2.24) is 0 Å². The second-order valence-electron chi connectivity index (χ2n) is 5.10. The van der Waals surface area contributed by atoms with Gasteiger partial charge in [0.05, 0.1) is 11.3 Å². The first-order valence-corrected chi connectivity index (χ1v) is 5.70. The second kappa shape index (κ2) is 4.94. The maximum absolute atomic E-state index is 9.93. The van der Waals surface area contributed by atoms with Gasteiger partial charge in [-0.3, -0.25) is 10.3 Å². The molecule has 17 heavy (non-hydrogen) atoms.